The minimum Gasteiger partial charge on any atom is -0.496 e. The fourth-order valence-corrected chi connectivity index (χ4v) is 2.54. The molecule has 0 aliphatic carbocycles. The number of rotatable bonds is 3. The molecule has 1 N–H and O–H groups in total. The van der Waals surface area contributed by atoms with Gasteiger partial charge in [-0.3, -0.25) is 4.79 Å². The summed E-state index contributed by atoms with van der Waals surface area (Å²) < 4.78 is 5.64. The summed E-state index contributed by atoms with van der Waals surface area (Å²) in [4.78, 5) is 14.8. The number of H-pyrrole nitrogens is 1. The topological polar surface area (TPSA) is 42.1 Å². The molecule has 0 fully saturated rings. The van der Waals surface area contributed by atoms with Crippen molar-refractivity contribution >= 4 is 6.08 Å². The van der Waals surface area contributed by atoms with Crippen LogP contribution < -0.4 is 10.3 Å². The van der Waals surface area contributed by atoms with Gasteiger partial charge in [0.25, 0.3) is 5.56 Å². The second-order valence-electron chi connectivity index (χ2n) is 6.31. The van der Waals surface area contributed by atoms with Gasteiger partial charge in [0.05, 0.1) is 7.11 Å². The predicted octanol–water partition coefficient (Wildman–Crippen LogP) is 4.38. The normalized spacial score (nSPS) is 11.9. The van der Waals surface area contributed by atoms with Crippen LogP contribution in [0.5, 0.6) is 5.75 Å². The highest BCUT2D eigenvalue weighted by molar-refractivity contribution is 5.72. The SMILES string of the molecule is C/C=C/c1cc(-c2ccc[nH]c2=O)cc(C(C)(C)C)c1OC. The Morgan fingerprint density at radius 3 is 2.50 bits per heavy atom. The molecule has 0 saturated carbocycles. The van der Waals surface area contributed by atoms with E-state index in [4.69, 9.17) is 4.74 Å². The molecule has 116 valence electrons. The average Bonchev–Trinajstić information content (AvgIpc) is 2.46. The van der Waals surface area contributed by atoms with Crippen molar-refractivity contribution in [2.45, 2.75) is 33.1 Å². The van der Waals surface area contributed by atoms with Gasteiger partial charge in [0.2, 0.25) is 0 Å². The summed E-state index contributed by atoms with van der Waals surface area (Å²) in [5, 5.41) is 0. The maximum Gasteiger partial charge on any atom is 0.255 e. The lowest BCUT2D eigenvalue weighted by molar-refractivity contribution is 0.396. The number of benzene rings is 1. The maximum absolute atomic E-state index is 12.1. The molecule has 0 atom stereocenters. The van der Waals surface area contributed by atoms with Crippen molar-refractivity contribution in [3.8, 4) is 16.9 Å². The third kappa shape index (κ3) is 3.14. The molecule has 0 saturated heterocycles. The number of allylic oxidation sites excluding steroid dienone is 1. The van der Waals surface area contributed by atoms with Gasteiger partial charge in [-0.2, -0.15) is 0 Å². The van der Waals surface area contributed by atoms with Crippen molar-refractivity contribution in [1.29, 1.82) is 0 Å². The number of nitrogens with one attached hydrogen (secondary N) is 1. The lowest BCUT2D eigenvalue weighted by Gasteiger charge is -2.24. The number of methoxy groups -OCH3 is 1. The summed E-state index contributed by atoms with van der Waals surface area (Å²) >= 11 is 0. The van der Waals surface area contributed by atoms with Crippen LogP contribution in [-0.2, 0) is 5.41 Å². The minimum absolute atomic E-state index is 0.0841. The Hall–Kier alpha value is -2.29. The summed E-state index contributed by atoms with van der Waals surface area (Å²) in [7, 11) is 1.69. The molecule has 0 bridgehead atoms. The number of hydrogen-bond donors (Lipinski definition) is 1. The first-order valence-corrected chi connectivity index (χ1v) is 7.41. The van der Waals surface area contributed by atoms with Crippen LogP contribution in [0.4, 0.5) is 0 Å². The number of aromatic amines is 1. The zero-order chi connectivity index (χ0) is 16.3. The van der Waals surface area contributed by atoms with Gasteiger partial charge in [-0.1, -0.05) is 32.9 Å². The van der Waals surface area contributed by atoms with Crippen molar-refractivity contribution < 1.29 is 4.74 Å². The van der Waals surface area contributed by atoms with Gasteiger partial charge >= 0.3 is 0 Å². The number of hydrogen-bond acceptors (Lipinski definition) is 2. The van der Waals surface area contributed by atoms with Gasteiger partial charge in [-0.25, -0.2) is 0 Å². The van der Waals surface area contributed by atoms with Gasteiger partial charge < -0.3 is 9.72 Å². The third-order valence-electron chi connectivity index (χ3n) is 3.61. The van der Waals surface area contributed by atoms with Gasteiger partial charge in [0, 0.05) is 22.9 Å². The maximum atomic E-state index is 12.1. The lowest BCUT2D eigenvalue weighted by Crippen LogP contribution is -2.15. The van der Waals surface area contributed by atoms with Gasteiger partial charge in [-0.15, -0.1) is 0 Å². The van der Waals surface area contributed by atoms with Crippen LogP contribution >= 0.6 is 0 Å². The van der Waals surface area contributed by atoms with E-state index in [9.17, 15) is 4.79 Å². The fraction of sp³-hybridized carbons (Fsp3) is 0.316. The second-order valence-corrected chi connectivity index (χ2v) is 6.31. The highest BCUT2D eigenvalue weighted by atomic mass is 16.5. The van der Waals surface area contributed by atoms with Gasteiger partial charge in [0.1, 0.15) is 5.75 Å². The molecule has 1 aromatic heterocycles. The van der Waals surface area contributed by atoms with Crippen LogP contribution in [0.25, 0.3) is 17.2 Å². The molecular weight excluding hydrogens is 274 g/mol. The highest BCUT2D eigenvalue weighted by Gasteiger charge is 2.22. The first-order chi connectivity index (χ1) is 10.4. The van der Waals surface area contributed by atoms with Crippen LogP contribution in [0, 0.1) is 0 Å². The smallest absolute Gasteiger partial charge is 0.255 e. The molecule has 3 heteroatoms. The Kier molecular flexibility index (Phi) is 4.55. The first-order valence-electron chi connectivity index (χ1n) is 7.41. The monoisotopic (exact) mass is 297 g/mol. The molecule has 0 unspecified atom stereocenters. The molecule has 2 aromatic rings. The Bertz CT molecular complexity index is 749. The molecule has 22 heavy (non-hydrogen) atoms. The molecule has 0 radical (unpaired) electrons. The standard InChI is InChI=1S/C19H23NO2/c1-6-8-13-11-14(15-9-7-10-20-18(15)21)12-16(17(13)22-5)19(2,3)4/h6-12H,1-5H3,(H,20,21)/b8-6+. The van der Waals surface area contributed by atoms with E-state index in [2.05, 4.69) is 31.8 Å². The fourth-order valence-electron chi connectivity index (χ4n) is 2.54. The zero-order valence-electron chi connectivity index (χ0n) is 13.9. The molecule has 1 aromatic carbocycles. The van der Waals surface area contributed by atoms with Crippen molar-refractivity contribution in [2.75, 3.05) is 7.11 Å². The van der Waals surface area contributed by atoms with E-state index in [0.717, 1.165) is 22.4 Å². The number of pyridine rings is 1. The number of ether oxygens (including phenoxy) is 1. The summed E-state index contributed by atoms with van der Waals surface area (Å²) in [6.45, 7) is 8.40. The van der Waals surface area contributed by atoms with E-state index in [1.54, 1.807) is 13.3 Å². The molecule has 3 nitrogen and oxygen atoms in total. The predicted molar refractivity (Wildman–Crippen MR) is 92.5 cm³/mol. The van der Waals surface area contributed by atoms with E-state index in [1.807, 2.05) is 37.3 Å². The summed E-state index contributed by atoms with van der Waals surface area (Å²) in [5.74, 6) is 0.863. The van der Waals surface area contributed by atoms with Gasteiger partial charge in [-0.05, 0) is 42.2 Å². The third-order valence-corrected chi connectivity index (χ3v) is 3.61. The Morgan fingerprint density at radius 1 is 1.23 bits per heavy atom. The van der Waals surface area contributed by atoms with Crippen LogP contribution in [0.1, 0.15) is 38.8 Å². The molecule has 2 rings (SSSR count). The van der Waals surface area contributed by atoms with E-state index in [1.165, 1.54) is 0 Å². The molecule has 0 amide bonds. The summed E-state index contributed by atoms with van der Waals surface area (Å²) in [6, 6.07) is 7.73. The molecule has 0 aliphatic heterocycles. The second kappa shape index (κ2) is 6.22. The van der Waals surface area contributed by atoms with Crippen LogP contribution in [0.3, 0.4) is 0 Å². The van der Waals surface area contributed by atoms with Crippen LogP contribution in [0.15, 0.2) is 41.3 Å². The van der Waals surface area contributed by atoms with Crippen molar-refractivity contribution in [3.05, 3.63) is 58.0 Å². The van der Waals surface area contributed by atoms with Crippen molar-refractivity contribution in [3.63, 3.8) is 0 Å². The average molecular weight is 297 g/mol. The number of aromatic nitrogens is 1. The van der Waals surface area contributed by atoms with Crippen molar-refractivity contribution in [2.24, 2.45) is 0 Å². The zero-order valence-corrected chi connectivity index (χ0v) is 13.9. The Balaban J connectivity index is 2.80. The summed E-state index contributed by atoms with van der Waals surface area (Å²) in [6.07, 6.45) is 5.63. The highest BCUT2D eigenvalue weighted by Crippen LogP contribution is 2.38. The lowest BCUT2D eigenvalue weighted by atomic mass is 9.83. The molecule has 0 spiro atoms. The Labute approximate surface area is 131 Å². The molecule has 1 heterocycles. The summed E-state index contributed by atoms with van der Waals surface area (Å²) in [5.41, 5.74) is 3.47. The largest absolute Gasteiger partial charge is 0.496 e. The van der Waals surface area contributed by atoms with E-state index < -0.39 is 0 Å². The van der Waals surface area contributed by atoms with Gasteiger partial charge in [0.15, 0.2) is 0 Å². The van der Waals surface area contributed by atoms with Crippen LogP contribution in [0.2, 0.25) is 0 Å². The van der Waals surface area contributed by atoms with E-state index >= 15 is 0 Å². The van der Waals surface area contributed by atoms with Crippen molar-refractivity contribution in [1.82, 2.24) is 4.98 Å². The molecule has 0 aliphatic rings. The quantitative estimate of drug-likeness (QED) is 0.913. The minimum atomic E-state index is -0.0843. The van der Waals surface area contributed by atoms with E-state index in [0.29, 0.717) is 5.56 Å². The molecular formula is C19H23NO2. The first kappa shape index (κ1) is 16.1. The van der Waals surface area contributed by atoms with E-state index in [-0.39, 0.29) is 11.0 Å². The van der Waals surface area contributed by atoms with Crippen LogP contribution in [-0.4, -0.2) is 12.1 Å². The Morgan fingerprint density at radius 2 is 1.95 bits per heavy atom.